The first-order chi connectivity index (χ1) is 12.5. The van der Waals surface area contributed by atoms with Crippen LogP contribution in [0, 0.1) is 19.7 Å². The maximum atomic E-state index is 13.5. The molecule has 0 saturated heterocycles. The van der Waals surface area contributed by atoms with Crippen LogP contribution in [0.15, 0.2) is 54.6 Å². The third-order valence-corrected chi connectivity index (χ3v) is 4.67. The first-order valence-electron chi connectivity index (χ1n) is 8.56. The van der Waals surface area contributed by atoms with Gasteiger partial charge in [-0.05, 0) is 55.3 Å². The van der Waals surface area contributed by atoms with Gasteiger partial charge in [0.25, 0.3) is 5.91 Å². The molecule has 2 aromatic carbocycles. The van der Waals surface area contributed by atoms with Crippen molar-refractivity contribution < 1.29 is 9.18 Å². The monoisotopic (exact) mass is 346 g/mol. The number of aromatic amines is 1. The summed E-state index contributed by atoms with van der Waals surface area (Å²) in [4.78, 5) is 18.1. The number of hydrogen-bond acceptors (Lipinski definition) is 1. The Morgan fingerprint density at radius 1 is 1.08 bits per heavy atom. The topological polar surface area (TPSA) is 36.1 Å². The van der Waals surface area contributed by atoms with Crippen LogP contribution < -0.4 is 4.90 Å². The standard InChI is InChI=1S/C22H19FN2O/c1-14-10-15(2)24-20(14)12-19-18-8-3-4-9-21(18)25(22(19)26)13-16-6-5-7-17(23)11-16/h3-12,24H,13H2,1-2H3. The minimum Gasteiger partial charge on any atom is -0.359 e. The van der Waals surface area contributed by atoms with Crippen molar-refractivity contribution in [3.63, 3.8) is 0 Å². The smallest absolute Gasteiger partial charge is 0.259 e. The fraction of sp³-hybridized carbons (Fsp3) is 0.136. The van der Waals surface area contributed by atoms with E-state index < -0.39 is 0 Å². The van der Waals surface area contributed by atoms with E-state index in [9.17, 15) is 9.18 Å². The van der Waals surface area contributed by atoms with E-state index in [0.29, 0.717) is 12.1 Å². The Hall–Kier alpha value is -3.14. The number of amides is 1. The van der Waals surface area contributed by atoms with Crippen molar-refractivity contribution in [2.75, 3.05) is 4.90 Å². The second kappa shape index (κ2) is 6.30. The molecule has 4 heteroatoms. The number of aromatic nitrogens is 1. The van der Waals surface area contributed by atoms with Gasteiger partial charge >= 0.3 is 0 Å². The lowest BCUT2D eigenvalue weighted by molar-refractivity contribution is -0.113. The van der Waals surface area contributed by atoms with Crippen molar-refractivity contribution in [2.24, 2.45) is 0 Å². The largest absolute Gasteiger partial charge is 0.359 e. The number of nitrogens with one attached hydrogen (secondary N) is 1. The molecular formula is C22H19FN2O. The molecule has 1 aliphatic heterocycles. The molecular weight excluding hydrogens is 327 g/mol. The van der Waals surface area contributed by atoms with Crippen molar-refractivity contribution in [1.82, 2.24) is 4.98 Å². The Bertz CT molecular complexity index is 1030. The van der Waals surface area contributed by atoms with Gasteiger partial charge < -0.3 is 9.88 Å². The van der Waals surface area contributed by atoms with Crippen LogP contribution in [-0.4, -0.2) is 10.9 Å². The number of aryl methyl sites for hydroxylation is 2. The highest BCUT2D eigenvalue weighted by atomic mass is 19.1. The number of halogens is 1. The Balaban J connectivity index is 1.76. The van der Waals surface area contributed by atoms with Crippen molar-refractivity contribution >= 4 is 23.2 Å². The van der Waals surface area contributed by atoms with Gasteiger partial charge in [-0.2, -0.15) is 0 Å². The lowest BCUT2D eigenvalue weighted by atomic mass is 10.1. The Morgan fingerprint density at radius 3 is 2.62 bits per heavy atom. The number of para-hydroxylation sites is 1. The van der Waals surface area contributed by atoms with Crippen molar-refractivity contribution in [3.05, 3.63) is 88.5 Å². The molecule has 3 aromatic rings. The van der Waals surface area contributed by atoms with E-state index in [0.717, 1.165) is 33.8 Å². The summed E-state index contributed by atoms with van der Waals surface area (Å²) in [7, 11) is 0. The highest BCUT2D eigenvalue weighted by Crippen LogP contribution is 2.38. The average Bonchev–Trinajstić information content (AvgIpc) is 3.06. The van der Waals surface area contributed by atoms with Crippen LogP contribution in [0.2, 0.25) is 0 Å². The van der Waals surface area contributed by atoms with Crippen LogP contribution in [0.3, 0.4) is 0 Å². The molecule has 1 aliphatic rings. The lowest BCUT2D eigenvalue weighted by Gasteiger charge is -2.17. The SMILES string of the molecule is Cc1cc(C)c(C=C2C(=O)N(Cc3cccc(F)c3)c3ccccc32)[nH]1. The summed E-state index contributed by atoms with van der Waals surface area (Å²) in [5, 5.41) is 0. The highest BCUT2D eigenvalue weighted by molar-refractivity contribution is 6.35. The normalized spacial score (nSPS) is 15.0. The summed E-state index contributed by atoms with van der Waals surface area (Å²) >= 11 is 0. The van der Waals surface area contributed by atoms with E-state index in [1.165, 1.54) is 12.1 Å². The van der Waals surface area contributed by atoms with Gasteiger partial charge in [-0.1, -0.05) is 30.3 Å². The molecule has 130 valence electrons. The van der Waals surface area contributed by atoms with E-state index in [2.05, 4.69) is 11.1 Å². The number of carbonyl (C=O) groups excluding carboxylic acids is 1. The molecule has 2 heterocycles. The zero-order valence-corrected chi connectivity index (χ0v) is 14.7. The minimum absolute atomic E-state index is 0.0675. The first kappa shape index (κ1) is 16.3. The van der Waals surface area contributed by atoms with Crippen LogP contribution in [0.25, 0.3) is 11.6 Å². The van der Waals surface area contributed by atoms with Crippen LogP contribution in [-0.2, 0) is 11.3 Å². The minimum atomic E-state index is -0.296. The second-order valence-corrected chi connectivity index (χ2v) is 6.65. The maximum absolute atomic E-state index is 13.5. The highest BCUT2D eigenvalue weighted by Gasteiger charge is 2.32. The summed E-state index contributed by atoms with van der Waals surface area (Å²) in [5.41, 5.74) is 6.28. The van der Waals surface area contributed by atoms with E-state index in [1.807, 2.05) is 50.3 Å². The van der Waals surface area contributed by atoms with Crippen LogP contribution in [0.5, 0.6) is 0 Å². The fourth-order valence-corrected chi connectivity index (χ4v) is 3.46. The number of anilines is 1. The molecule has 0 radical (unpaired) electrons. The third-order valence-electron chi connectivity index (χ3n) is 4.67. The van der Waals surface area contributed by atoms with Crippen LogP contribution in [0.4, 0.5) is 10.1 Å². The van der Waals surface area contributed by atoms with Gasteiger partial charge in [0.15, 0.2) is 0 Å². The lowest BCUT2D eigenvalue weighted by Crippen LogP contribution is -2.25. The van der Waals surface area contributed by atoms with Gasteiger partial charge in [-0.25, -0.2) is 4.39 Å². The number of hydrogen-bond donors (Lipinski definition) is 1. The van der Waals surface area contributed by atoms with Crippen molar-refractivity contribution in [3.8, 4) is 0 Å². The number of rotatable bonds is 3. The molecule has 0 spiro atoms. The van der Waals surface area contributed by atoms with Crippen molar-refractivity contribution in [2.45, 2.75) is 20.4 Å². The van der Waals surface area contributed by atoms with E-state index in [-0.39, 0.29) is 11.7 Å². The zero-order valence-electron chi connectivity index (χ0n) is 14.7. The molecule has 0 bridgehead atoms. The predicted octanol–water partition coefficient (Wildman–Crippen LogP) is 4.86. The molecule has 0 fully saturated rings. The van der Waals surface area contributed by atoms with Gasteiger partial charge in [0.05, 0.1) is 17.8 Å². The molecule has 0 aliphatic carbocycles. The van der Waals surface area contributed by atoms with Crippen LogP contribution in [0.1, 0.15) is 28.1 Å². The van der Waals surface area contributed by atoms with Gasteiger partial charge in [0.1, 0.15) is 5.82 Å². The molecule has 1 aromatic heterocycles. The molecule has 0 atom stereocenters. The molecule has 0 unspecified atom stereocenters. The molecule has 26 heavy (non-hydrogen) atoms. The number of fused-ring (bicyclic) bond motifs is 1. The molecule has 3 nitrogen and oxygen atoms in total. The molecule has 1 amide bonds. The molecule has 1 N–H and O–H groups in total. The predicted molar refractivity (Wildman–Crippen MR) is 102 cm³/mol. The number of carbonyl (C=O) groups is 1. The van der Waals surface area contributed by atoms with E-state index >= 15 is 0 Å². The van der Waals surface area contributed by atoms with Crippen molar-refractivity contribution in [1.29, 1.82) is 0 Å². The summed E-state index contributed by atoms with van der Waals surface area (Å²) in [6.07, 6.45) is 1.91. The van der Waals surface area contributed by atoms with E-state index in [4.69, 9.17) is 0 Å². The van der Waals surface area contributed by atoms with Gasteiger partial charge in [-0.15, -0.1) is 0 Å². The number of nitrogens with zero attached hydrogens (tertiary/aromatic N) is 1. The Labute approximate surface area is 151 Å². The van der Waals surface area contributed by atoms with E-state index in [1.54, 1.807) is 11.0 Å². The van der Waals surface area contributed by atoms with Gasteiger partial charge in [0.2, 0.25) is 0 Å². The Morgan fingerprint density at radius 2 is 1.88 bits per heavy atom. The summed E-state index contributed by atoms with van der Waals surface area (Å²) in [6.45, 7) is 4.36. The van der Waals surface area contributed by atoms with Gasteiger partial charge in [0, 0.05) is 17.0 Å². The number of benzene rings is 2. The summed E-state index contributed by atoms with van der Waals surface area (Å²) in [5.74, 6) is -0.363. The molecule has 4 rings (SSSR count). The quantitative estimate of drug-likeness (QED) is 0.676. The average molecular weight is 346 g/mol. The second-order valence-electron chi connectivity index (χ2n) is 6.65. The van der Waals surface area contributed by atoms with Crippen LogP contribution >= 0.6 is 0 Å². The molecule has 0 saturated carbocycles. The maximum Gasteiger partial charge on any atom is 0.259 e. The fourth-order valence-electron chi connectivity index (χ4n) is 3.46. The summed E-state index contributed by atoms with van der Waals surface area (Å²) < 4.78 is 13.5. The van der Waals surface area contributed by atoms with Gasteiger partial charge in [-0.3, -0.25) is 4.79 Å². The summed E-state index contributed by atoms with van der Waals surface area (Å²) in [6, 6.07) is 16.2. The Kier molecular flexibility index (Phi) is 3.96. The number of H-pyrrole nitrogens is 1. The third kappa shape index (κ3) is 2.84. The first-order valence-corrected chi connectivity index (χ1v) is 8.56. The zero-order chi connectivity index (χ0) is 18.3.